The van der Waals surface area contributed by atoms with Gasteiger partial charge in [-0.25, -0.2) is 0 Å². The minimum Gasteiger partial charge on any atom is -0.394 e. The third-order valence-corrected chi connectivity index (χ3v) is 1.87. The summed E-state index contributed by atoms with van der Waals surface area (Å²) < 4.78 is 4.58. The third kappa shape index (κ3) is 1.58. The Morgan fingerprint density at radius 1 is 0.917 bits per heavy atom. The molecular formula is C6H12O6. The summed E-state index contributed by atoms with van der Waals surface area (Å²) in [6.07, 6.45) is -7.04. The second kappa shape index (κ2) is 3.65. The summed E-state index contributed by atoms with van der Waals surface area (Å²) in [4.78, 5) is 0. The van der Waals surface area contributed by atoms with Crippen molar-refractivity contribution in [3.05, 3.63) is 0 Å². The Kier molecular flexibility index (Phi) is 2.99. The van der Waals surface area contributed by atoms with Crippen LogP contribution in [0.15, 0.2) is 0 Å². The van der Waals surface area contributed by atoms with Gasteiger partial charge in [-0.15, -0.1) is 0 Å². The van der Waals surface area contributed by atoms with E-state index in [0.717, 1.165) is 0 Å². The highest BCUT2D eigenvalue weighted by Gasteiger charge is 2.42. The molecule has 0 aromatic heterocycles. The van der Waals surface area contributed by atoms with E-state index in [1.54, 1.807) is 0 Å². The molecule has 1 heterocycles. The molecule has 1 saturated heterocycles. The van der Waals surface area contributed by atoms with E-state index >= 15 is 0 Å². The van der Waals surface area contributed by atoms with Crippen LogP contribution in [0.4, 0.5) is 0 Å². The topological polar surface area (TPSA) is 110 Å². The molecule has 1 fully saturated rings. The second-order valence-corrected chi connectivity index (χ2v) is 2.72. The third-order valence-electron chi connectivity index (χ3n) is 1.87. The molecule has 6 heteroatoms. The van der Waals surface area contributed by atoms with Crippen molar-refractivity contribution in [3.63, 3.8) is 0 Å². The summed E-state index contributed by atoms with van der Waals surface area (Å²) in [6, 6.07) is 0. The van der Waals surface area contributed by atoms with Crippen LogP contribution in [-0.4, -0.2) is 62.8 Å². The molecule has 0 aromatic carbocycles. The Bertz CT molecular complexity index is 146. The maximum Gasteiger partial charge on any atom is 0.184 e. The van der Waals surface area contributed by atoms with Crippen LogP contribution in [0.3, 0.4) is 0 Å². The second-order valence-electron chi connectivity index (χ2n) is 2.72. The molecule has 0 amide bonds. The van der Waals surface area contributed by atoms with E-state index in [1.807, 2.05) is 0 Å². The number of hydrogen-bond acceptors (Lipinski definition) is 6. The molecule has 1 aliphatic heterocycles. The lowest BCUT2D eigenvalue weighted by atomic mass is 11.9. The monoisotopic (exact) mass is 192 g/mol. The van der Waals surface area contributed by atoms with E-state index in [4.69, 9.17) is 25.5 Å². The lowest BCUT2D eigenvalue weighted by Gasteiger charge is -2.37. The average molecular weight is 192 g/mol. The molecule has 0 unspecified atom stereocenters. The maximum absolute atomic E-state index is 9.12. The molecule has 0 aliphatic carbocycles. The molecule has 0 saturated carbocycles. The van der Waals surface area contributed by atoms with Gasteiger partial charge in [-0.2, -0.15) is 0 Å². The molecule has 1 aliphatic rings. The first-order valence-electron chi connectivity index (χ1n) is 3.56. The first-order chi connectivity index (χ1) is 5.57. The standard InChI is InChI=1S/C6H12O6/c7-1-2-3(8)4(9)5(10)6(11)12-2/h2-11H,1H2/t2-,3-,4+,5-,6+/m1/s1/i1+2,2+2,3+2,4+2,5+2,6+2. The van der Waals surface area contributed by atoms with Crippen molar-refractivity contribution in [1.29, 1.82) is 0 Å². The quantitative estimate of drug-likeness (QED) is 0.299. The summed E-state index contributed by atoms with van der Waals surface area (Å²) in [6.45, 7) is -0.526. The van der Waals surface area contributed by atoms with Crippen LogP contribution < -0.4 is 0 Å². The molecule has 6 nitrogen and oxygen atoms in total. The Labute approximate surface area is 68.6 Å². The predicted molar refractivity (Wildman–Crippen MR) is 36.0 cm³/mol. The van der Waals surface area contributed by atoms with E-state index in [1.165, 1.54) is 0 Å². The van der Waals surface area contributed by atoms with Crippen LogP contribution in [0.5, 0.6) is 0 Å². The Hall–Kier alpha value is -0.240. The van der Waals surface area contributed by atoms with Gasteiger partial charge < -0.3 is 30.3 Å². The number of aliphatic hydroxyl groups is 5. The Morgan fingerprint density at radius 3 is 2.00 bits per heavy atom. The van der Waals surface area contributed by atoms with Crippen molar-refractivity contribution in [2.45, 2.75) is 30.7 Å². The van der Waals surface area contributed by atoms with Gasteiger partial charge in [-0.3, -0.25) is 0 Å². The van der Waals surface area contributed by atoms with E-state index in [2.05, 4.69) is 4.74 Å². The zero-order chi connectivity index (χ0) is 9.30. The molecule has 72 valence electrons. The molecule has 12 heavy (non-hydrogen) atoms. The average Bonchev–Trinajstić information content (AvgIpc) is 2.08. The smallest absolute Gasteiger partial charge is 0.184 e. The van der Waals surface area contributed by atoms with Gasteiger partial charge in [-0.1, -0.05) is 0 Å². The molecule has 0 aromatic rings. The summed E-state index contributed by atoms with van der Waals surface area (Å²) >= 11 is 0. The minimum atomic E-state index is -1.57. The van der Waals surface area contributed by atoms with Crippen molar-refractivity contribution in [3.8, 4) is 0 Å². The zero-order valence-electron chi connectivity index (χ0n) is 6.24. The summed E-state index contributed by atoms with van der Waals surface area (Å²) in [5.74, 6) is 0. The molecule has 1 rings (SSSR count). The van der Waals surface area contributed by atoms with Gasteiger partial charge in [0.25, 0.3) is 0 Å². The molecular weight excluding hydrogens is 180 g/mol. The van der Waals surface area contributed by atoms with Gasteiger partial charge in [0, 0.05) is 0 Å². The SMILES string of the molecule is O[14CH2][14C@H]1O[14C@H](O)[14C@H](O)[14C@@H](O)[14C@@H]1O. The van der Waals surface area contributed by atoms with Gasteiger partial charge in [0.15, 0.2) is 6.29 Å². The highest BCUT2D eigenvalue weighted by Crippen LogP contribution is 2.18. The van der Waals surface area contributed by atoms with Crippen LogP contribution in [0.25, 0.3) is 0 Å². The molecule has 0 radical (unpaired) electrons. The predicted octanol–water partition coefficient (Wildman–Crippen LogP) is -3.22. The summed E-state index contributed by atoms with van der Waals surface area (Å²) in [5, 5.41) is 44.7. The number of aliphatic hydroxyl groups excluding tert-OH is 5. The van der Waals surface area contributed by atoms with Crippen LogP contribution >= 0.6 is 0 Å². The van der Waals surface area contributed by atoms with Gasteiger partial charge in [-0.05, 0) is 0 Å². The van der Waals surface area contributed by atoms with Crippen molar-refractivity contribution in [2.75, 3.05) is 6.61 Å². The van der Waals surface area contributed by atoms with Crippen molar-refractivity contribution >= 4 is 0 Å². The molecule has 0 bridgehead atoms. The molecule has 5 N–H and O–H groups in total. The van der Waals surface area contributed by atoms with E-state index in [0.29, 0.717) is 0 Å². The van der Waals surface area contributed by atoms with Crippen LogP contribution in [0, 0.1) is 0 Å². The van der Waals surface area contributed by atoms with E-state index in [-0.39, 0.29) is 0 Å². The fourth-order valence-corrected chi connectivity index (χ4v) is 1.08. The fraction of sp³-hybridized carbons (Fsp3) is 1.00. The molecule has 0 spiro atoms. The van der Waals surface area contributed by atoms with Crippen LogP contribution in [0.1, 0.15) is 0 Å². The van der Waals surface area contributed by atoms with Crippen molar-refractivity contribution < 1.29 is 30.3 Å². The highest BCUT2D eigenvalue weighted by atomic mass is 17.2. The first-order valence-corrected chi connectivity index (χ1v) is 3.56. The van der Waals surface area contributed by atoms with Crippen LogP contribution in [0.2, 0.25) is 0 Å². The Balaban J connectivity index is 2.63. The van der Waals surface area contributed by atoms with E-state index in [9.17, 15) is 0 Å². The van der Waals surface area contributed by atoms with Gasteiger partial charge in [0.2, 0.25) is 0 Å². The largest absolute Gasteiger partial charge is 0.394 e. The summed E-state index contributed by atoms with van der Waals surface area (Å²) in [5.41, 5.74) is 0. The van der Waals surface area contributed by atoms with E-state index < -0.39 is 37.3 Å². The highest BCUT2D eigenvalue weighted by molar-refractivity contribution is 4.87. The molecule has 5 atom stereocenters. The lowest BCUT2D eigenvalue weighted by Crippen LogP contribution is -2.58. The summed E-state index contributed by atoms with van der Waals surface area (Å²) in [7, 11) is 0. The lowest BCUT2D eigenvalue weighted by molar-refractivity contribution is -0.286. The van der Waals surface area contributed by atoms with Crippen molar-refractivity contribution in [2.24, 2.45) is 0 Å². The minimum absolute atomic E-state index is 0.526. The first kappa shape index (κ1) is 9.85. The van der Waals surface area contributed by atoms with Crippen molar-refractivity contribution in [1.82, 2.24) is 0 Å². The van der Waals surface area contributed by atoms with Crippen LogP contribution in [-0.2, 0) is 4.74 Å². The maximum atomic E-state index is 9.12. The van der Waals surface area contributed by atoms with Gasteiger partial charge in [0.1, 0.15) is 24.4 Å². The normalized spacial score (nSPS) is 49.2. The number of ether oxygens (including phenoxy) is 1. The zero-order valence-corrected chi connectivity index (χ0v) is 6.24. The fourth-order valence-electron chi connectivity index (χ4n) is 1.08. The van der Waals surface area contributed by atoms with Gasteiger partial charge >= 0.3 is 0 Å². The van der Waals surface area contributed by atoms with Gasteiger partial charge in [0.05, 0.1) is 6.61 Å². The Morgan fingerprint density at radius 2 is 1.50 bits per heavy atom. The number of hydrogen-bond donors (Lipinski definition) is 5. The number of rotatable bonds is 1.